The normalized spacial score (nSPS) is 19.9. The fraction of sp³-hybridized carbons (Fsp3) is 0.400. The van der Waals surface area contributed by atoms with Gasteiger partial charge in [-0.1, -0.05) is 6.08 Å². The number of hydrogen-bond donors (Lipinski definition) is 2. The highest BCUT2D eigenvalue weighted by atomic mass is 19.1. The molecule has 0 amide bonds. The second kappa shape index (κ2) is 8.73. The van der Waals surface area contributed by atoms with E-state index < -0.39 is 23.6 Å². The predicted molar refractivity (Wildman–Crippen MR) is 105 cm³/mol. The van der Waals surface area contributed by atoms with E-state index in [1.807, 2.05) is 0 Å². The van der Waals surface area contributed by atoms with Crippen LogP contribution in [0.4, 0.5) is 10.2 Å². The van der Waals surface area contributed by atoms with Crippen LogP contribution in [0.1, 0.15) is 11.6 Å². The first-order valence-electron chi connectivity index (χ1n) is 9.04. The number of ether oxygens (including phenoxy) is 3. The van der Waals surface area contributed by atoms with E-state index in [2.05, 4.69) is 17.0 Å². The summed E-state index contributed by atoms with van der Waals surface area (Å²) in [6.07, 6.45) is 0.382. The van der Waals surface area contributed by atoms with Crippen molar-refractivity contribution >= 4 is 5.82 Å². The molecule has 0 aliphatic carbocycles. The summed E-state index contributed by atoms with van der Waals surface area (Å²) in [6.45, 7) is 3.92. The minimum atomic E-state index is -1.22. The molecule has 156 valence electrons. The largest absolute Gasteiger partial charge is 0.479 e. The highest BCUT2D eigenvalue weighted by molar-refractivity contribution is 5.47. The number of aliphatic hydroxyl groups excluding tert-OH is 1. The van der Waals surface area contributed by atoms with Crippen LogP contribution in [0.2, 0.25) is 0 Å². The Morgan fingerprint density at radius 2 is 2.07 bits per heavy atom. The summed E-state index contributed by atoms with van der Waals surface area (Å²) in [5, 5.41) is 18.5. The molecule has 2 N–H and O–H groups in total. The van der Waals surface area contributed by atoms with Crippen LogP contribution in [-0.4, -0.2) is 54.0 Å². The van der Waals surface area contributed by atoms with Crippen molar-refractivity contribution in [2.24, 2.45) is 0 Å². The Bertz CT molecular complexity index is 927. The summed E-state index contributed by atoms with van der Waals surface area (Å²) in [6, 6.07) is 6.13. The zero-order valence-electron chi connectivity index (χ0n) is 16.3. The number of allylic oxidation sites excluding steroid dienone is 1. The molecule has 2 aromatic rings. The maximum Gasteiger partial charge on any atom is 0.267 e. The molecule has 0 saturated heterocycles. The number of nitrogens with one attached hydrogen (secondary N) is 1. The molecular weight excluding hydrogens is 381 g/mol. The van der Waals surface area contributed by atoms with Crippen LogP contribution in [-0.2, 0) is 16.0 Å². The molecule has 0 fully saturated rings. The number of fused-ring (bicyclic) bond motifs is 1. The molecule has 1 aliphatic rings. The molecule has 2 atom stereocenters. The minimum absolute atomic E-state index is 0.0421. The molecule has 9 heteroatoms. The smallest absolute Gasteiger partial charge is 0.267 e. The van der Waals surface area contributed by atoms with Gasteiger partial charge in [0.2, 0.25) is 0 Å². The van der Waals surface area contributed by atoms with Crippen LogP contribution < -0.4 is 15.6 Å². The molecule has 1 aliphatic heterocycles. The first-order chi connectivity index (χ1) is 13.9. The van der Waals surface area contributed by atoms with Crippen LogP contribution >= 0.6 is 0 Å². The number of anilines is 1. The highest BCUT2D eigenvalue weighted by Gasteiger charge is 2.50. The molecular formula is C20H24FN3O5. The Labute approximate surface area is 167 Å². The van der Waals surface area contributed by atoms with Crippen LogP contribution in [0.15, 0.2) is 47.8 Å². The van der Waals surface area contributed by atoms with Gasteiger partial charge < -0.3 is 24.6 Å². The van der Waals surface area contributed by atoms with Crippen molar-refractivity contribution in [2.75, 3.05) is 32.8 Å². The van der Waals surface area contributed by atoms with Crippen LogP contribution in [0.3, 0.4) is 0 Å². The maximum absolute atomic E-state index is 14.0. The van der Waals surface area contributed by atoms with Gasteiger partial charge in [-0.05, 0) is 24.3 Å². The summed E-state index contributed by atoms with van der Waals surface area (Å²) in [7, 11) is 2.98. The standard InChI is InChI=1S/C20H24FN3O5/c1-4-9-24-17(25)8-7-16(23-24)22-18-14-10-13(21)5-6-15(14)29-20(11-27-2,12-28-3)19(18)26/h4-8,10,18-19,26H,1,9,11-12H2,2-3H3,(H,22,23)/t18-,19+/m0/s1. The van der Waals surface area contributed by atoms with E-state index in [4.69, 9.17) is 14.2 Å². The zero-order valence-corrected chi connectivity index (χ0v) is 16.3. The SMILES string of the molecule is C=CCn1nc(N[C@H]2c3cc(F)ccc3OC(COC)(COC)[C@@H]2O)ccc1=O. The zero-order chi connectivity index (χ0) is 21.0. The average Bonchev–Trinajstić information content (AvgIpc) is 2.69. The van der Waals surface area contributed by atoms with Gasteiger partial charge in [0.1, 0.15) is 23.5 Å². The lowest BCUT2D eigenvalue weighted by Gasteiger charge is -2.45. The fourth-order valence-electron chi connectivity index (χ4n) is 3.46. The lowest BCUT2D eigenvalue weighted by molar-refractivity contribution is -0.142. The van der Waals surface area contributed by atoms with E-state index in [9.17, 15) is 14.3 Å². The molecule has 0 bridgehead atoms. The third-order valence-electron chi connectivity index (χ3n) is 4.72. The second-order valence-corrected chi connectivity index (χ2v) is 6.81. The van der Waals surface area contributed by atoms with Gasteiger partial charge in [0.15, 0.2) is 5.60 Å². The molecule has 0 unspecified atom stereocenters. The van der Waals surface area contributed by atoms with E-state index in [0.717, 1.165) is 0 Å². The Balaban J connectivity index is 2.05. The van der Waals surface area contributed by atoms with E-state index in [1.165, 1.54) is 49.2 Å². The number of aliphatic hydroxyl groups is 1. The van der Waals surface area contributed by atoms with E-state index >= 15 is 0 Å². The molecule has 2 heterocycles. The number of rotatable bonds is 8. The molecule has 8 nitrogen and oxygen atoms in total. The topological polar surface area (TPSA) is 94.8 Å². The van der Waals surface area contributed by atoms with Crippen LogP contribution in [0, 0.1) is 5.82 Å². The first-order valence-corrected chi connectivity index (χ1v) is 9.04. The molecule has 1 aromatic heterocycles. The van der Waals surface area contributed by atoms with Crippen molar-refractivity contribution in [3.8, 4) is 5.75 Å². The molecule has 0 saturated carbocycles. The van der Waals surface area contributed by atoms with Gasteiger partial charge in [-0.2, -0.15) is 5.10 Å². The van der Waals surface area contributed by atoms with Crippen molar-refractivity contribution < 1.29 is 23.7 Å². The molecule has 0 radical (unpaired) electrons. The third kappa shape index (κ3) is 4.16. The first kappa shape index (κ1) is 21.0. The van der Waals surface area contributed by atoms with Crippen molar-refractivity contribution in [3.05, 3.63) is 64.7 Å². The number of methoxy groups -OCH3 is 2. The van der Waals surface area contributed by atoms with E-state index in [-0.39, 0.29) is 25.3 Å². The Kier molecular flexibility index (Phi) is 6.31. The van der Waals surface area contributed by atoms with Gasteiger partial charge in [0, 0.05) is 25.8 Å². The minimum Gasteiger partial charge on any atom is -0.479 e. The highest BCUT2D eigenvalue weighted by Crippen LogP contribution is 2.42. The summed E-state index contributed by atoms with van der Waals surface area (Å²) < 4.78 is 31.7. The fourth-order valence-corrected chi connectivity index (χ4v) is 3.46. The van der Waals surface area contributed by atoms with E-state index in [1.54, 1.807) is 6.08 Å². The van der Waals surface area contributed by atoms with Gasteiger partial charge >= 0.3 is 0 Å². The van der Waals surface area contributed by atoms with E-state index in [0.29, 0.717) is 17.1 Å². The number of halogens is 1. The number of benzene rings is 1. The van der Waals surface area contributed by atoms with Gasteiger partial charge in [-0.3, -0.25) is 4.79 Å². The summed E-state index contributed by atoms with van der Waals surface area (Å²) in [4.78, 5) is 11.9. The van der Waals surface area contributed by atoms with Crippen molar-refractivity contribution in [1.82, 2.24) is 9.78 Å². The Morgan fingerprint density at radius 1 is 1.34 bits per heavy atom. The van der Waals surface area contributed by atoms with Gasteiger partial charge in [-0.25, -0.2) is 9.07 Å². The van der Waals surface area contributed by atoms with Crippen molar-refractivity contribution in [1.29, 1.82) is 0 Å². The number of nitrogens with zero attached hydrogens (tertiary/aromatic N) is 2. The predicted octanol–water partition coefficient (Wildman–Crippen LogP) is 1.51. The van der Waals surface area contributed by atoms with Crippen molar-refractivity contribution in [3.63, 3.8) is 0 Å². The Hall–Kier alpha value is -2.75. The molecule has 0 spiro atoms. The van der Waals surface area contributed by atoms with Gasteiger partial charge in [-0.15, -0.1) is 6.58 Å². The lowest BCUT2D eigenvalue weighted by atomic mass is 9.84. The van der Waals surface area contributed by atoms with Crippen LogP contribution in [0.25, 0.3) is 0 Å². The van der Waals surface area contributed by atoms with Gasteiger partial charge in [0.05, 0.1) is 25.8 Å². The average molecular weight is 405 g/mol. The quantitative estimate of drug-likeness (QED) is 0.643. The third-order valence-corrected chi connectivity index (χ3v) is 4.72. The summed E-state index contributed by atoms with van der Waals surface area (Å²) in [5.41, 5.74) is -1.09. The number of aromatic nitrogens is 2. The van der Waals surface area contributed by atoms with Crippen molar-refractivity contribution in [2.45, 2.75) is 24.3 Å². The van der Waals surface area contributed by atoms with Gasteiger partial charge in [0.25, 0.3) is 5.56 Å². The molecule has 29 heavy (non-hydrogen) atoms. The number of hydrogen-bond acceptors (Lipinski definition) is 7. The summed E-state index contributed by atoms with van der Waals surface area (Å²) in [5.74, 6) is 0.251. The maximum atomic E-state index is 14.0. The lowest BCUT2D eigenvalue weighted by Crippen LogP contribution is -2.60. The molecule has 1 aromatic carbocycles. The molecule has 3 rings (SSSR count). The van der Waals surface area contributed by atoms with Crippen LogP contribution in [0.5, 0.6) is 5.75 Å². The Morgan fingerprint density at radius 3 is 2.72 bits per heavy atom. The summed E-state index contributed by atoms with van der Waals surface area (Å²) >= 11 is 0. The second-order valence-electron chi connectivity index (χ2n) is 6.81. The monoisotopic (exact) mass is 405 g/mol.